The number of Topliss-reactive ketones (excluding diaryl/α,β-unsaturated/α-hetero) is 1. The number of carbonyl (C=O) groups excluding carboxylic acids is 1. The van der Waals surface area contributed by atoms with Crippen molar-refractivity contribution in [3.63, 3.8) is 0 Å². The highest BCUT2D eigenvalue weighted by atomic mass is 79.9. The number of rotatable bonds is 4. The van der Waals surface area contributed by atoms with Crippen LogP contribution in [0.2, 0.25) is 0 Å². The smallest absolute Gasteiger partial charge is 0.185 e. The van der Waals surface area contributed by atoms with Crippen LogP contribution in [-0.4, -0.2) is 31.2 Å². The summed E-state index contributed by atoms with van der Waals surface area (Å²) in [6.07, 6.45) is 2.17. The first-order chi connectivity index (χ1) is 10.5. The van der Waals surface area contributed by atoms with Crippen LogP contribution in [0.3, 0.4) is 0 Å². The van der Waals surface area contributed by atoms with Crippen molar-refractivity contribution in [3.8, 4) is 0 Å². The van der Waals surface area contributed by atoms with Gasteiger partial charge in [0.2, 0.25) is 0 Å². The summed E-state index contributed by atoms with van der Waals surface area (Å²) in [7, 11) is 1.68. The summed E-state index contributed by atoms with van der Waals surface area (Å²) < 4.78 is 18.7. The lowest BCUT2D eigenvalue weighted by Crippen LogP contribution is -2.42. The van der Waals surface area contributed by atoms with Crippen LogP contribution in [0, 0.1) is 0 Å². The van der Waals surface area contributed by atoms with Gasteiger partial charge in [0.25, 0.3) is 0 Å². The van der Waals surface area contributed by atoms with E-state index >= 15 is 0 Å². The van der Waals surface area contributed by atoms with E-state index in [4.69, 9.17) is 14.2 Å². The molecule has 3 unspecified atom stereocenters. The Morgan fingerprint density at radius 2 is 2.27 bits per heavy atom. The van der Waals surface area contributed by atoms with Gasteiger partial charge in [-0.2, -0.15) is 0 Å². The molecule has 3 atom stereocenters. The van der Waals surface area contributed by atoms with Gasteiger partial charge in [-0.1, -0.05) is 22.0 Å². The Kier molecular flexibility index (Phi) is 4.69. The summed E-state index contributed by atoms with van der Waals surface area (Å²) >= 11 is 3.51. The van der Waals surface area contributed by atoms with Gasteiger partial charge in [0, 0.05) is 36.4 Å². The molecule has 4 nitrogen and oxygen atoms in total. The summed E-state index contributed by atoms with van der Waals surface area (Å²) in [4.78, 5) is 11.5. The van der Waals surface area contributed by atoms with E-state index in [9.17, 15) is 4.79 Å². The van der Waals surface area contributed by atoms with Crippen molar-refractivity contribution in [2.45, 2.75) is 50.6 Å². The van der Waals surface area contributed by atoms with E-state index in [1.165, 1.54) is 5.56 Å². The van der Waals surface area contributed by atoms with Gasteiger partial charge < -0.3 is 14.2 Å². The monoisotopic (exact) mass is 368 g/mol. The fourth-order valence-electron chi connectivity index (χ4n) is 3.28. The fraction of sp³-hybridized carbons (Fsp3) is 0.588. The van der Waals surface area contributed by atoms with Crippen molar-refractivity contribution in [2.75, 3.05) is 13.7 Å². The second kappa shape index (κ2) is 6.40. The molecule has 3 rings (SSSR count). The van der Waals surface area contributed by atoms with Crippen LogP contribution in [0.5, 0.6) is 0 Å². The van der Waals surface area contributed by atoms with E-state index < -0.39 is 11.9 Å². The van der Waals surface area contributed by atoms with Crippen LogP contribution in [0.1, 0.15) is 43.6 Å². The molecule has 1 fully saturated rings. The van der Waals surface area contributed by atoms with Crippen LogP contribution in [-0.2, 0) is 25.4 Å². The molecule has 0 radical (unpaired) electrons. The number of methoxy groups -OCH3 is 1. The maximum absolute atomic E-state index is 11.5. The third kappa shape index (κ3) is 3.43. The second-order valence-corrected chi connectivity index (χ2v) is 7.31. The highest BCUT2D eigenvalue weighted by Gasteiger charge is 2.39. The molecule has 1 saturated carbocycles. The van der Waals surface area contributed by atoms with E-state index in [1.807, 2.05) is 19.1 Å². The zero-order valence-corrected chi connectivity index (χ0v) is 14.5. The van der Waals surface area contributed by atoms with E-state index in [0.29, 0.717) is 19.4 Å². The quantitative estimate of drug-likeness (QED) is 0.814. The van der Waals surface area contributed by atoms with E-state index in [-0.39, 0.29) is 11.9 Å². The van der Waals surface area contributed by atoms with Crippen molar-refractivity contribution in [2.24, 2.45) is 0 Å². The molecule has 0 bridgehead atoms. The zero-order chi connectivity index (χ0) is 15.7. The largest absolute Gasteiger partial charge is 0.382 e. The molecule has 0 aromatic heterocycles. The Balaban J connectivity index is 1.86. The summed E-state index contributed by atoms with van der Waals surface area (Å²) in [5.74, 6) is 0.273. The molecule has 0 spiro atoms. The first-order valence-electron chi connectivity index (χ1n) is 7.61. The number of ether oxygens (including phenoxy) is 3. The minimum Gasteiger partial charge on any atom is -0.382 e. The Morgan fingerprint density at radius 3 is 2.95 bits per heavy atom. The first-order valence-corrected chi connectivity index (χ1v) is 8.41. The number of fused-ring (bicyclic) bond motifs is 1. The van der Waals surface area contributed by atoms with Crippen LogP contribution in [0.4, 0.5) is 0 Å². The summed E-state index contributed by atoms with van der Waals surface area (Å²) in [6, 6.07) is 6.18. The third-order valence-electron chi connectivity index (χ3n) is 4.28. The molecule has 22 heavy (non-hydrogen) atoms. The standard InChI is InChI=1S/C17H21BrO4/c1-17(10-20-2)9-11-3-4-12(18)7-15(11)16(22-17)21-14-6-5-13(19)8-14/h3-4,7,14,16H,5-6,8-10H2,1-2H3. The molecule has 1 aliphatic carbocycles. The minimum absolute atomic E-state index is 0.0470. The number of carbonyl (C=O) groups is 1. The Bertz CT molecular complexity index is 574. The van der Waals surface area contributed by atoms with E-state index in [1.54, 1.807) is 7.11 Å². The lowest BCUT2D eigenvalue weighted by atomic mass is 9.90. The molecule has 1 aromatic rings. The van der Waals surface area contributed by atoms with Gasteiger partial charge in [-0.25, -0.2) is 0 Å². The molecule has 1 aromatic carbocycles. The van der Waals surface area contributed by atoms with Crippen molar-refractivity contribution < 1.29 is 19.0 Å². The first kappa shape index (κ1) is 16.1. The SMILES string of the molecule is COCC1(C)Cc2ccc(Br)cc2C(OC2CCC(=O)C2)O1. The fourth-order valence-corrected chi connectivity index (χ4v) is 3.65. The highest BCUT2D eigenvalue weighted by molar-refractivity contribution is 9.10. The molecule has 0 saturated heterocycles. The molecule has 120 valence electrons. The maximum atomic E-state index is 11.5. The van der Waals surface area contributed by atoms with E-state index in [0.717, 1.165) is 22.9 Å². The predicted molar refractivity (Wildman–Crippen MR) is 85.7 cm³/mol. The molecule has 0 amide bonds. The zero-order valence-electron chi connectivity index (χ0n) is 12.9. The number of ketones is 1. The molecular formula is C17H21BrO4. The molecule has 2 aliphatic rings. The number of hydrogen-bond donors (Lipinski definition) is 0. The lowest BCUT2D eigenvalue weighted by molar-refractivity contribution is -0.246. The third-order valence-corrected chi connectivity index (χ3v) is 4.78. The van der Waals surface area contributed by atoms with Crippen molar-refractivity contribution in [1.82, 2.24) is 0 Å². The number of benzene rings is 1. The molecule has 0 N–H and O–H groups in total. The topological polar surface area (TPSA) is 44.8 Å². The summed E-state index contributed by atoms with van der Waals surface area (Å²) in [5, 5.41) is 0. The van der Waals surface area contributed by atoms with Gasteiger partial charge in [0.05, 0.1) is 18.3 Å². The van der Waals surface area contributed by atoms with Crippen LogP contribution in [0.15, 0.2) is 22.7 Å². The summed E-state index contributed by atoms with van der Waals surface area (Å²) in [5.41, 5.74) is 1.84. The van der Waals surface area contributed by atoms with Gasteiger partial charge in [0.1, 0.15) is 5.78 Å². The average molecular weight is 369 g/mol. The Morgan fingerprint density at radius 1 is 1.45 bits per heavy atom. The maximum Gasteiger partial charge on any atom is 0.185 e. The summed E-state index contributed by atoms with van der Waals surface area (Å²) in [6.45, 7) is 2.55. The Labute approximate surface area is 139 Å². The highest BCUT2D eigenvalue weighted by Crippen LogP contribution is 2.40. The second-order valence-electron chi connectivity index (χ2n) is 6.39. The molecular weight excluding hydrogens is 348 g/mol. The van der Waals surface area contributed by atoms with Crippen molar-refractivity contribution in [1.29, 1.82) is 0 Å². The van der Waals surface area contributed by atoms with Crippen LogP contribution >= 0.6 is 15.9 Å². The van der Waals surface area contributed by atoms with Crippen LogP contribution in [0.25, 0.3) is 0 Å². The average Bonchev–Trinajstić information content (AvgIpc) is 2.85. The van der Waals surface area contributed by atoms with E-state index in [2.05, 4.69) is 22.0 Å². The van der Waals surface area contributed by atoms with Gasteiger partial charge in [-0.3, -0.25) is 4.79 Å². The number of hydrogen-bond acceptors (Lipinski definition) is 4. The molecule has 1 aliphatic heterocycles. The normalized spacial score (nSPS) is 31.3. The van der Waals surface area contributed by atoms with Gasteiger partial charge in [0.15, 0.2) is 6.29 Å². The van der Waals surface area contributed by atoms with Gasteiger partial charge >= 0.3 is 0 Å². The predicted octanol–water partition coefficient (Wildman–Crippen LogP) is 3.56. The number of halogens is 1. The Hall–Kier alpha value is -0.750. The minimum atomic E-state index is -0.447. The van der Waals surface area contributed by atoms with Gasteiger partial charge in [-0.15, -0.1) is 0 Å². The molecule has 5 heteroatoms. The van der Waals surface area contributed by atoms with Gasteiger partial charge in [-0.05, 0) is 31.0 Å². The lowest BCUT2D eigenvalue weighted by Gasteiger charge is -2.40. The van der Waals surface area contributed by atoms with Crippen molar-refractivity contribution in [3.05, 3.63) is 33.8 Å². The molecule has 1 heterocycles. The van der Waals surface area contributed by atoms with Crippen LogP contribution < -0.4 is 0 Å². The van der Waals surface area contributed by atoms with Crippen molar-refractivity contribution >= 4 is 21.7 Å².